The Morgan fingerprint density at radius 3 is 2.35 bits per heavy atom. The van der Waals surface area contributed by atoms with Gasteiger partial charge in [-0.25, -0.2) is 4.98 Å². The Labute approximate surface area is 156 Å². The molecule has 144 valence electrons. The Balaban J connectivity index is 1.56. The highest BCUT2D eigenvalue weighted by Crippen LogP contribution is 2.25. The number of nitrogens with zero attached hydrogens (tertiary/aromatic N) is 5. The van der Waals surface area contributed by atoms with Gasteiger partial charge in [0.05, 0.1) is 5.92 Å². The van der Waals surface area contributed by atoms with Crippen LogP contribution in [0.3, 0.4) is 0 Å². The highest BCUT2D eigenvalue weighted by molar-refractivity contribution is 5.84. The third-order valence-electron chi connectivity index (χ3n) is 5.37. The summed E-state index contributed by atoms with van der Waals surface area (Å²) in [6.45, 7) is 10.2. The van der Waals surface area contributed by atoms with Crippen molar-refractivity contribution in [2.24, 2.45) is 18.4 Å². The number of rotatable bonds is 2. The van der Waals surface area contributed by atoms with E-state index in [1.165, 1.54) is 0 Å². The second kappa shape index (κ2) is 7.29. The maximum absolute atomic E-state index is 13.0. The second-order valence-corrected chi connectivity index (χ2v) is 8.49. The van der Waals surface area contributed by atoms with Gasteiger partial charge in [-0.1, -0.05) is 20.8 Å². The molecule has 7 nitrogen and oxygen atoms in total. The predicted octanol–water partition coefficient (Wildman–Crippen LogP) is 1.35. The number of hydrogen-bond acceptors (Lipinski definition) is 4. The normalized spacial score (nSPS) is 21.8. The van der Waals surface area contributed by atoms with Gasteiger partial charge in [-0.2, -0.15) is 0 Å². The molecule has 2 amide bonds. The van der Waals surface area contributed by atoms with Gasteiger partial charge in [0.2, 0.25) is 17.8 Å². The Morgan fingerprint density at radius 2 is 1.77 bits per heavy atom. The minimum absolute atomic E-state index is 0.0604. The van der Waals surface area contributed by atoms with Crippen LogP contribution in [0.4, 0.5) is 5.95 Å². The molecule has 0 N–H and O–H groups in total. The van der Waals surface area contributed by atoms with Crippen LogP contribution in [0.1, 0.15) is 33.6 Å². The number of hydrogen-bond donors (Lipinski definition) is 0. The first kappa shape index (κ1) is 18.7. The number of likely N-dealkylation sites (tertiary alicyclic amines) is 1. The minimum atomic E-state index is -0.390. The quantitative estimate of drug-likeness (QED) is 0.798. The average molecular weight is 361 g/mol. The Hall–Kier alpha value is -2.05. The van der Waals surface area contributed by atoms with Gasteiger partial charge in [0.15, 0.2) is 0 Å². The summed E-state index contributed by atoms with van der Waals surface area (Å²) in [5.74, 6) is 1.25. The third kappa shape index (κ3) is 3.86. The Morgan fingerprint density at radius 1 is 1.08 bits per heavy atom. The van der Waals surface area contributed by atoms with Gasteiger partial charge in [0, 0.05) is 64.1 Å². The molecule has 1 aromatic rings. The van der Waals surface area contributed by atoms with E-state index in [-0.39, 0.29) is 17.7 Å². The lowest BCUT2D eigenvalue weighted by molar-refractivity contribution is -0.145. The van der Waals surface area contributed by atoms with Crippen molar-refractivity contribution in [2.75, 3.05) is 44.2 Å². The fourth-order valence-electron chi connectivity index (χ4n) is 3.89. The molecular weight excluding hydrogens is 330 g/mol. The van der Waals surface area contributed by atoms with Crippen molar-refractivity contribution in [3.63, 3.8) is 0 Å². The molecule has 2 fully saturated rings. The lowest BCUT2D eigenvalue weighted by Gasteiger charge is -2.40. The van der Waals surface area contributed by atoms with E-state index in [2.05, 4.69) is 9.88 Å². The van der Waals surface area contributed by atoms with Gasteiger partial charge >= 0.3 is 0 Å². The number of carbonyl (C=O) groups is 2. The monoisotopic (exact) mass is 361 g/mol. The van der Waals surface area contributed by atoms with Gasteiger partial charge in [0.1, 0.15) is 0 Å². The van der Waals surface area contributed by atoms with E-state index in [1.807, 2.05) is 48.4 Å². The van der Waals surface area contributed by atoms with Gasteiger partial charge in [-0.05, 0) is 12.8 Å². The first-order chi connectivity index (χ1) is 12.3. The van der Waals surface area contributed by atoms with Crippen molar-refractivity contribution in [2.45, 2.75) is 33.6 Å². The number of anilines is 1. The molecule has 0 aromatic carbocycles. The molecule has 1 aromatic heterocycles. The molecule has 0 spiro atoms. The molecule has 0 saturated carbocycles. The molecule has 2 aliphatic heterocycles. The zero-order chi connectivity index (χ0) is 18.9. The molecule has 26 heavy (non-hydrogen) atoms. The molecule has 1 unspecified atom stereocenters. The van der Waals surface area contributed by atoms with Gasteiger partial charge < -0.3 is 19.3 Å². The third-order valence-corrected chi connectivity index (χ3v) is 5.37. The highest BCUT2D eigenvalue weighted by Gasteiger charge is 2.35. The van der Waals surface area contributed by atoms with Crippen LogP contribution in [0.2, 0.25) is 0 Å². The van der Waals surface area contributed by atoms with Crippen LogP contribution in [0.15, 0.2) is 12.4 Å². The molecule has 1 atom stereocenters. The smallest absolute Gasteiger partial charge is 0.227 e. The standard InChI is InChI=1S/C19H31N5O2/c1-19(2,3)17(26)24-8-5-6-15(14-24)16(25)22-10-12-23(13-11-22)18-20-7-9-21(18)4/h7,9,15H,5-6,8,10-14H2,1-4H3. The molecule has 0 aliphatic carbocycles. The number of aromatic nitrogens is 2. The van der Waals surface area contributed by atoms with Crippen LogP contribution < -0.4 is 4.90 Å². The first-order valence-corrected chi connectivity index (χ1v) is 9.58. The summed E-state index contributed by atoms with van der Waals surface area (Å²) in [5.41, 5.74) is -0.390. The zero-order valence-electron chi connectivity index (χ0n) is 16.4. The number of piperidine rings is 1. The van der Waals surface area contributed by atoms with Crippen molar-refractivity contribution in [3.05, 3.63) is 12.4 Å². The van der Waals surface area contributed by atoms with Gasteiger partial charge in [-0.15, -0.1) is 0 Å². The maximum atomic E-state index is 13.0. The number of piperazine rings is 1. The summed E-state index contributed by atoms with van der Waals surface area (Å²) in [6, 6.07) is 0. The van der Waals surface area contributed by atoms with E-state index in [1.54, 1.807) is 6.20 Å². The van der Waals surface area contributed by atoms with Crippen molar-refractivity contribution in [1.29, 1.82) is 0 Å². The lowest BCUT2D eigenvalue weighted by atomic mass is 9.90. The summed E-state index contributed by atoms with van der Waals surface area (Å²) < 4.78 is 2.01. The van der Waals surface area contributed by atoms with Crippen molar-refractivity contribution in [3.8, 4) is 0 Å². The number of aryl methyl sites for hydroxylation is 1. The molecule has 2 aliphatic rings. The lowest BCUT2D eigenvalue weighted by Crippen LogP contribution is -2.54. The van der Waals surface area contributed by atoms with E-state index >= 15 is 0 Å². The van der Waals surface area contributed by atoms with Crippen LogP contribution in [0.5, 0.6) is 0 Å². The van der Waals surface area contributed by atoms with Crippen LogP contribution in [0.25, 0.3) is 0 Å². The fourth-order valence-corrected chi connectivity index (χ4v) is 3.89. The van der Waals surface area contributed by atoms with E-state index < -0.39 is 5.41 Å². The van der Waals surface area contributed by atoms with Crippen LogP contribution in [0, 0.1) is 11.3 Å². The van der Waals surface area contributed by atoms with E-state index in [0.717, 1.165) is 51.5 Å². The van der Waals surface area contributed by atoms with Crippen LogP contribution >= 0.6 is 0 Å². The molecule has 3 heterocycles. The van der Waals surface area contributed by atoms with Gasteiger partial charge in [0.25, 0.3) is 0 Å². The fraction of sp³-hybridized carbons (Fsp3) is 0.737. The van der Waals surface area contributed by atoms with Crippen molar-refractivity contribution in [1.82, 2.24) is 19.4 Å². The number of amides is 2. The molecular formula is C19H31N5O2. The average Bonchev–Trinajstić information content (AvgIpc) is 3.06. The summed E-state index contributed by atoms with van der Waals surface area (Å²) in [4.78, 5) is 36.0. The zero-order valence-corrected chi connectivity index (χ0v) is 16.4. The van der Waals surface area contributed by atoms with Crippen molar-refractivity contribution < 1.29 is 9.59 Å². The largest absolute Gasteiger partial charge is 0.341 e. The molecule has 7 heteroatoms. The highest BCUT2D eigenvalue weighted by atomic mass is 16.2. The maximum Gasteiger partial charge on any atom is 0.227 e. The minimum Gasteiger partial charge on any atom is -0.341 e. The first-order valence-electron chi connectivity index (χ1n) is 9.58. The van der Waals surface area contributed by atoms with Crippen LogP contribution in [-0.2, 0) is 16.6 Å². The Kier molecular flexibility index (Phi) is 5.25. The Bertz CT molecular complexity index is 655. The molecule has 0 bridgehead atoms. The van der Waals surface area contributed by atoms with Gasteiger partial charge in [-0.3, -0.25) is 9.59 Å². The second-order valence-electron chi connectivity index (χ2n) is 8.49. The molecule has 3 rings (SSSR count). The predicted molar refractivity (Wildman–Crippen MR) is 101 cm³/mol. The summed E-state index contributed by atoms with van der Waals surface area (Å²) >= 11 is 0. The number of carbonyl (C=O) groups excluding carboxylic acids is 2. The topological polar surface area (TPSA) is 61.7 Å². The van der Waals surface area contributed by atoms with Crippen LogP contribution in [-0.4, -0.2) is 70.4 Å². The SMILES string of the molecule is Cn1ccnc1N1CCN(C(=O)C2CCCN(C(=O)C(C)(C)C)C2)CC1. The summed E-state index contributed by atoms with van der Waals surface area (Å²) in [6.07, 6.45) is 5.53. The van der Waals surface area contributed by atoms with E-state index in [9.17, 15) is 9.59 Å². The summed E-state index contributed by atoms with van der Waals surface area (Å²) in [7, 11) is 1.99. The number of imidazole rings is 1. The van der Waals surface area contributed by atoms with Crippen molar-refractivity contribution >= 4 is 17.8 Å². The van der Waals surface area contributed by atoms with E-state index in [4.69, 9.17) is 0 Å². The molecule has 2 saturated heterocycles. The summed E-state index contributed by atoms with van der Waals surface area (Å²) in [5, 5.41) is 0. The molecule has 0 radical (unpaired) electrons. The van der Waals surface area contributed by atoms with E-state index in [0.29, 0.717) is 6.54 Å².